The van der Waals surface area contributed by atoms with Gasteiger partial charge < -0.3 is 14.4 Å². The van der Waals surface area contributed by atoms with Crippen LogP contribution in [0.4, 0.5) is 0 Å². The highest BCUT2D eigenvalue weighted by molar-refractivity contribution is 5.87. The van der Waals surface area contributed by atoms with Crippen LogP contribution in [0.2, 0.25) is 0 Å². The average molecular weight is 330 g/mol. The molecule has 4 rings (SSSR count). The molecule has 1 aromatic rings. The predicted octanol–water partition coefficient (Wildman–Crippen LogP) is 1.31. The lowest BCUT2D eigenvalue weighted by molar-refractivity contribution is -0.148. The van der Waals surface area contributed by atoms with Crippen molar-refractivity contribution in [3.8, 4) is 0 Å². The van der Waals surface area contributed by atoms with Gasteiger partial charge in [0.2, 0.25) is 11.8 Å². The molecule has 1 saturated heterocycles. The Bertz CT molecular complexity index is 620. The monoisotopic (exact) mass is 330 g/mol. The van der Waals surface area contributed by atoms with Gasteiger partial charge in [-0.2, -0.15) is 0 Å². The quantitative estimate of drug-likeness (QED) is 0.839. The van der Waals surface area contributed by atoms with Crippen molar-refractivity contribution in [1.29, 1.82) is 0 Å². The van der Waals surface area contributed by atoms with Gasteiger partial charge in [0.1, 0.15) is 0 Å². The van der Waals surface area contributed by atoms with Crippen molar-refractivity contribution in [2.24, 2.45) is 11.8 Å². The Hall–Kier alpha value is -1.85. The number of piperazine rings is 1. The minimum absolute atomic E-state index is 0.00313. The average Bonchev–Trinajstić information content (AvgIpc) is 3.26. The molecule has 0 bridgehead atoms. The van der Waals surface area contributed by atoms with E-state index in [-0.39, 0.29) is 24.3 Å². The molecule has 0 spiro atoms. The number of hydrogen-bond acceptors (Lipinski definition) is 3. The van der Waals surface area contributed by atoms with E-state index >= 15 is 0 Å². The summed E-state index contributed by atoms with van der Waals surface area (Å²) < 4.78 is 2.12. The van der Waals surface area contributed by atoms with Gasteiger partial charge in [-0.25, -0.2) is 4.98 Å². The molecule has 130 valence electrons. The summed E-state index contributed by atoms with van der Waals surface area (Å²) in [5.74, 6) is 0.955. The molecule has 6 heteroatoms. The molecule has 24 heavy (non-hydrogen) atoms. The maximum Gasteiger partial charge on any atom is 0.242 e. The second-order valence-corrected chi connectivity index (χ2v) is 7.52. The van der Waals surface area contributed by atoms with Crippen molar-refractivity contribution in [2.75, 3.05) is 26.2 Å². The fourth-order valence-corrected chi connectivity index (χ4v) is 4.43. The maximum atomic E-state index is 12.8. The van der Waals surface area contributed by atoms with Gasteiger partial charge in [-0.3, -0.25) is 9.59 Å². The molecule has 2 aliphatic heterocycles. The second-order valence-electron chi connectivity index (χ2n) is 7.52. The van der Waals surface area contributed by atoms with E-state index in [1.807, 2.05) is 17.4 Å². The summed E-state index contributed by atoms with van der Waals surface area (Å²) in [7, 11) is 0. The van der Waals surface area contributed by atoms with E-state index in [1.54, 1.807) is 4.90 Å². The van der Waals surface area contributed by atoms with Crippen LogP contribution in [0.5, 0.6) is 0 Å². The molecule has 1 atom stereocenters. The van der Waals surface area contributed by atoms with Gasteiger partial charge >= 0.3 is 0 Å². The molecule has 0 radical (unpaired) electrons. The predicted molar refractivity (Wildman–Crippen MR) is 89.2 cm³/mol. The third-order valence-corrected chi connectivity index (χ3v) is 5.91. The van der Waals surface area contributed by atoms with Gasteiger partial charge in [0.15, 0.2) is 0 Å². The lowest BCUT2D eigenvalue weighted by Gasteiger charge is -2.37. The molecule has 2 amide bonds. The Morgan fingerprint density at radius 2 is 2.00 bits per heavy atom. The van der Waals surface area contributed by atoms with Gasteiger partial charge in [0, 0.05) is 50.4 Å². The Kier molecular flexibility index (Phi) is 4.29. The Morgan fingerprint density at radius 3 is 2.79 bits per heavy atom. The minimum atomic E-state index is 0.00313. The molecule has 0 N–H and O–H groups in total. The zero-order chi connectivity index (χ0) is 16.5. The summed E-state index contributed by atoms with van der Waals surface area (Å²) in [6, 6.07) is 0. The summed E-state index contributed by atoms with van der Waals surface area (Å²) in [5, 5.41) is 0. The molecule has 3 heterocycles. The molecular formula is C18H26N4O2. The van der Waals surface area contributed by atoms with E-state index in [2.05, 4.69) is 9.55 Å². The Morgan fingerprint density at radius 1 is 1.17 bits per heavy atom. The number of carbonyl (C=O) groups excluding carboxylic acids is 2. The van der Waals surface area contributed by atoms with Crippen LogP contribution in [0.3, 0.4) is 0 Å². The van der Waals surface area contributed by atoms with Gasteiger partial charge in [-0.05, 0) is 25.2 Å². The molecular weight excluding hydrogens is 304 g/mol. The largest absolute Gasteiger partial charge is 0.339 e. The van der Waals surface area contributed by atoms with E-state index < -0.39 is 0 Å². The number of fused-ring (bicyclic) bond motifs is 1. The van der Waals surface area contributed by atoms with Gasteiger partial charge in [0.05, 0.1) is 12.9 Å². The van der Waals surface area contributed by atoms with Gasteiger partial charge in [-0.15, -0.1) is 0 Å². The molecule has 0 aromatic carbocycles. The fraction of sp³-hybridized carbons (Fsp3) is 0.722. The van der Waals surface area contributed by atoms with E-state index in [0.29, 0.717) is 19.0 Å². The summed E-state index contributed by atoms with van der Waals surface area (Å²) in [5.41, 5.74) is 1.13. The lowest BCUT2D eigenvalue weighted by Crippen LogP contribution is -2.54. The zero-order valence-corrected chi connectivity index (χ0v) is 14.2. The minimum Gasteiger partial charge on any atom is -0.339 e. The van der Waals surface area contributed by atoms with E-state index in [1.165, 1.54) is 25.7 Å². The molecule has 1 saturated carbocycles. The highest BCUT2D eigenvalue weighted by Gasteiger charge is 2.34. The first-order chi connectivity index (χ1) is 11.7. The second kappa shape index (κ2) is 6.57. The number of aromatic nitrogens is 2. The van der Waals surface area contributed by atoms with E-state index in [4.69, 9.17) is 0 Å². The van der Waals surface area contributed by atoms with Crippen LogP contribution in [0.1, 0.15) is 37.8 Å². The van der Waals surface area contributed by atoms with E-state index in [0.717, 1.165) is 31.6 Å². The molecule has 2 fully saturated rings. The summed E-state index contributed by atoms with van der Waals surface area (Å²) in [6.45, 7) is 3.39. The maximum absolute atomic E-state index is 12.8. The number of hydrogen-bond donors (Lipinski definition) is 0. The van der Waals surface area contributed by atoms with Crippen LogP contribution in [0.15, 0.2) is 12.5 Å². The third kappa shape index (κ3) is 3.06. The molecule has 1 aliphatic carbocycles. The first-order valence-corrected chi connectivity index (χ1v) is 9.26. The van der Waals surface area contributed by atoms with E-state index in [9.17, 15) is 9.59 Å². The Balaban J connectivity index is 1.33. The van der Waals surface area contributed by atoms with Crippen molar-refractivity contribution >= 4 is 11.8 Å². The normalized spacial score (nSPS) is 25.2. The van der Waals surface area contributed by atoms with Crippen molar-refractivity contribution in [3.63, 3.8) is 0 Å². The highest BCUT2D eigenvalue weighted by atomic mass is 16.2. The number of rotatable bonds is 3. The first kappa shape index (κ1) is 15.7. The number of aryl methyl sites for hydroxylation is 1. The van der Waals surface area contributed by atoms with Gasteiger partial charge in [-0.1, -0.05) is 12.8 Å². The first-order valence-electron chi connectivity index (χ1n) is 9.26. The van der Waals surface area contributed by atoms with Crippen molar-refractivity contribution in [1.82, 2.24) is 19.4 Å². The third-order valence-electron chi connectivity index (χ3n) is 5.91. The van der Waals surface area contributed by atoms with Crippen molar-refractivity contribution in [2.45, 2.75) is 45.1 Å². The van der Waals surface area contributed by atoms with Crippen LogP contribution < -0.4 is 0 Å². The molecule has 3 aliphatic rings. The molecule has 6 nitrogen and oxygen atoms in total. The summed E-state index contributed by atoms with van der Waals surface area (Å²) in [4.78, 5) is 33.2. The van der Waals surface area contributed by atoms with Crippen molar-refractivity contribution in [3.05, 3.63) is 18.2 Å². The smallest absolute Gasteiger partial charge is 0.242 e. The van der Waals surface area contributed by atoms with Crippen LogP contribution in [0, 0.1) is 11.8 Å². The zero-order valence-electron chi connectivity index (χ0n) is 14.2. The fourth-order valence-electron chi connectivity index (χ4n) is 4.43. The number of nitrogens with zero attached hydrogens (tertiary/aromatic N) is 4. The molecule has 1 aromatic heterocycles. The Labute approximate surface area is 142 Å². The standard InChI is InChI=1S/C18H26N4O2/c23-17-12-21(8-7-20(17)11-14-3-1-2-4-14)18(24)15-5-6-22-13-19-10-16(22)9-15/h10,13-15H,1-9,11-12H2. The van der Waals surface area contributed by atoms with Crippen molar-refractivity contribution < 1.29 is 9.59 Å². The SMILES string of the molecule is O=C1CN(C(=O)C2CCn3cncc3C2)CCN1CC1CCCC1. The van der Waals surface area contributed by atoms with Crippen LogP contribution >= 0.6 is 0 Å². The topological polar surface area (TPSA) is 58.4 Å². The number of imidazole rings is 1. The van der Waals surface area contributed by atoms with Crippen LogP contribution in [0.25, 0.3) is 0 Å². The number of carbonyl (C=O) groups is 2. The summed E-state index contributed by atoms with van der Waals surface area (Å²) >= 11 is 0. The lowest BCUT2D eigenvalue weighted by atomic mass is 9.94. The number of amides is 2. The van der Waals surface area contributed by atoms with Crippen LogP contribution in [-0.2, 0) is 22.6 Å². The highest BCUT2D eigenvalue weighted by Crippen LogP contribution is 2.27. The van der Waals surface area contributed by atoms with Gasteiger partial charge in [0.25, 0.3) is 0 Å². The van der Waals surface area contributed by atoms with Crippen LogP contribution in [-0.4, -0.2) is 57.3 Å². The summed E-state index contributed by atoms with van der Waals surface area (Å²) in [6.07, 6.45) is 10.4. The molecule has 1 unspecified atom stereocenters.